The fourth-order valence-electron chi connectivity index (χ4n) is 1.64. The molecule has 2 N–H and O–H groups in total. The molecule has 118 valence electrons. The van der Waals surface area contributed by atoms with Crippen molar-refractivity contribution in [1.82, 2.24) is 15.5 Å². The quantitative estimate of drug-likeness (QED) is 0.537. The first-order chi connectivity index (χ1) is 10.1. The standard InChI is InChI=1S/C15H25N3O3/c1-4-20-13-6-8-14(9-7-13)21-12-17-15(19)16-10-5-11-18(2)3/h6-9H,4-5,10-12H2,1-3H3,(H2,16,17,19). The summed E-state index contributed by atoms with van der Waals surface area (Å²) in [7, 11) is 4.01. The molecule has 1 aromatic rings. The first-order valence-corrected chi connectivity index (χ1v) is 7.14. The molecule has 0 fully saturated rings. The smallest absolute Gasteiger partial charge is 0.317 e. The Labute approximate surface area is 126 Å². The summed E-state index contributed by atoms with van der Waals surface area (Å²) < 4.78 is 10.8. The van der Waals surface area contributed by atoms with Crippen molar-refractivity contribution in [2.75, 3.05) is 40.5 Å². The number of nitrogens with one attached hydrogen (secondary N) is 2. The Morgan fingerprint density at radius 3 is 2.29 bits per heavy atom. The van der Waals surface area contributed by atoms with Gasteiger partial charge >= 0.3 is 6.03 Å². The van der Waals surface area contributed by atoms with Gasteiger partial charge in [0.2, 0.25) is 0 Å². The summed E-state index contributed by atoms with van der Waals surface area (Å²) in [4.78, 5) is 13.6. The average Bonchev–Trinajstić information content (AvgIpc) is 2.46. The van der Waals surface area contributed by atoms with Gasteiger partial charge in [0, 0.05) is 6.54 Å². The largest absolute Gasteiger partial charge is 0.494 e. The lowest BCUT2D eigenvalue weighted by Gasteiger charge is -2.11. The molecule has 2 amide bonds. The summed E-state index contributed by atoms with van der Waals surface area (Å²) in [6.07, 6.45) is 0.917. The van der Waals surface area contributed by atoms with Gasteiger partial charge in [-0.25, -0.2) is 4.79 Å². The number of rotatable bonds is 9. The molecule has 1 rings (SSSR count). The molecule has 0 aliphatic heterocycles. The summed E-state index contributed by atoms with van der Waals surface area (Å²) in [6.45, 7) is 4.30. The molecule has 0 unspecified atom stereocenters. The van der Waals surface area contributed by atoms with E-state index in [4.69, 9.17) is 9.47 Å². The third-order valence-corrected chi connectivity index (χ3v) is 2.67. The normalized spacial score (nSPS) is 10.3. The van der Waals surface area contributed by atoms with E-state index >= 15 is 0 Å². The first kappa shape index (κ1) is 17.1. The van der Waals surface area contributed by atoms with Crippen LogP contribution >= 0.6 is 0 Å². The summed E-state index contributed by atoms with van der Waals surface area (Å²) >= 11 is 0. The second kappa shape index (κ2) is 9.88. The number of carbonyl (C=O) groups excluding carboxylic acids is 1. The second-order valence-electron chi connectivity index (χ2n) is 4.78. The number of hydrogen-bond acceptors (Lipinski definition) is 4. The van der Waals surface area contributed by atoms with Crippen LogP contribution in [0.1, 0.15) is 13.3 Å². The van der Waals surface area contributed by atoms with Crippen LogP contribution in [0.5, 0.6) is 11.5 Å². The molecule has 0 aliphatic rings. The molecular weight excluding hydrogens is 270 g/mol. The third-order valence-electron chi connectivity index (χ3n) is 2.67. The molecule has 21 heavy (non-hydrogen) atoms. The number of urea groups is 1. The van der Waals surface area contributed by atoms with E-state index in [0.29, 0.717) is 18.9 Å². The van der Waals surface area contributed by atoms with Crippen LogP contribution in [0.4, 0.5) is 4.79 Å². The molecule has 0 heterocycles. The lowest BCUT2D eigenvalue weighted by atomic mass is 10.3. The number of ether oxygens (including phenoxy) is 2. The van der Waals surface area contributed by atoms with Crippen molar-refractivity contribution < 1.29 is 14.3 Å². The number of hydrogen-bond donors (Lipinski definition) is 2. The predicted molar refractivity (Wildman–Crippen MR) is 82.8 cm³/mol. The summed E-state index contributed by atoms with van der Waals surface area (Å²) in [5.74, 6) is 1.49. The van der Waals surface area contributed by atoms with Crippen molar-refractivity contribution in [3.63, 3.8) is 0 Å². The molecule has 0 saturated carbocycles. The van der Waals surface area contributed by atoms with Crippen LogP contribution in [0.3, 0.4) is 0 Å². The van der Waals surface area contributed by atoms with Crippen LogP contribution in [0, 0.1) is 0 Å². The maximum atomic E-state index is 11.5. The molecule has 1 aromatic carbocycles. The molecular formula is C15H25N3O3. The first-order valence-electron chi connectivity index (χ1n) is 7.14. The zero-order chi connectivity index (χ0) is 15.5. The Hall–Kier alpha value is -1.95. The summed E-state index contributed by atoms with van der Waals surface area (Å²) in [6, 6.07) is 7.06. The van der Waals surface area contributed by atoms with E-state index in [2.05, 4.69) is 15.5 Å². The molecule has 0 atom stereocenters. The van der Waals surface area contributed by atoms with E-state index in [0.717, 1.165) is 18.7 Å². The van der Waals surface area contributed by atoms with Crippen molar-refractivity contribution in [3.05, 3.63) is 24.3 Å². The van der Waals surface area contributed by atoms with Gasteiger partial charge in [0.1, 0.15) is 11.5 Å². The molecule has 6 heteroatoms. The van der Waals surface area contributed by atoms with E-state index in [1.807, 2.05) is 45.3 Å². The Morgan fingerprint density at radius 1 is 1.10 bits per heavy atom. The molecule has 0 radical (unpaired) electrons. The van der Waals surface area contributed by atoms with Gasteiger partial charge in [-0.05, 0) is 58.3 Å². The highest BCUT2D eigenvalue weighted by Gasteiger charge is 2.00. The van der Waals surface area contributed by atoms with E-state index < -0.39 is 0 Å². The Bertz CT molecular complexity index is 407. The Kier molecular flexibility index (Phi) is 8.04. The van der Waals surface area contributed by atoms with Crippen LogP contribution in [0.2, 0.25) is 0 Å². The van der Waals surface area contributed by atoms with Crippen LogP contribution < -0.4 is 20.1 Å². The third kappa shape index (κ3) is 8.04. The molecule has 0 aromatic heterocycles. The van der Waals surface area contributed by atoms with Gasteiger partial charge in [-0.1, -0.05) is 0 Å². The van der Waals surface area contributed by atoms with Gasteiger partial charge < -0.3 is 25.0 Å². The highest BCUT2D eigenvalue weighted by atomic mass is 16.5. The van der Waals surface area contributed by atoms with Crippen molar-refractivity contribution in [2.24, 2.45) is 0 Å². The van der Waals surface area contributed by atoms with E-state index in [9.17, 15) is 4.79 Å². The minimum Gasteiger partial charge on any atom is -0.494 e. The zero-order valence-electron chi connectivity index (χ0n) is 13.0. The molecule has 0 spiro atoms. The summed E-state index contributed by atoms with van der Waals surface area (Å²) in [5, 5.41) is 5.42. The van der Waals surface area contributed by atoms with Gasteiger partial charge in [-0.2, -0.15) is 0 Å². The van der Waals surface area contributed by atoms with Crippen LogP contribution in [0.25, 0.3) is 0 Å². The Morgan fingerprint density at radius 2 is 1.71 bits per heavy atom. The lowest BCUT2D eigenvalue weighted by Crippen LogP contribution is -2.38. The highest BCUT2D eigenvalue weighted by molar-refractivity contribution is 5.73. The fraction of sp³-hybridized carbons (Fsp3) is 0.533. The number of benzene rings is 1. The van der Waals surface area contributed by atoms with Gasteiger partial charge in [0.05, 0.1) is 6.61 Å². The van der Waals surface area contributed by atoms with Crippen molar-refractivity contribution in [1.29, 1.82) is 0 Å². The minimum atomic E-state index is -0.223. The van der Waals surface area contributed by atoms with Crippen molar-refractivity contribution in [3.8, 4) is 11.5 Å². The van der Waals surface area contributed by atoms with Crippen LogP contribution in [0.15, 0.2) is 24.3 Å². The summed E-state index contributed by atoms with van der Waals surface area (Å²) in [5.41, 5.74) is 0. The Balaban J connectivity index is 2.13. The molecule has 0 bridgehead atoms. The van der Waals surface area contributed by atoms with Gasteiger partial charge in [0.15, 0.2) is 6.73 Å². The zero-order valence-corrected chi connectivity index (χ0v) is 13.0. The van der Waals surface area contributed by atoms with Gasteiger partial charge in [0.25, 0.3) is 0 Å². The van der Waals surface area contributed by atoms with E-state index in [1.54, 1.807) is 0 Å². The molecule has 0 saturated heterocycles. The number of nitrogens with zero attached hydrogens (tertiary/aromatic N) is 1. The topological polar surface area (TPSA) is 62.8 Å². The maximum absolute atomic E-state index is 11.5. The van der Waals surface area contributed by atoms with Gasteiger partial charge in [-0.3, -0.25) is 0 Å². The lowest BCUT2D eigenvalue weighted by molar-refractivity contribution is 0.223. The number of amides is 2. The molecule has 6 nitrogen and oxygen atoms in total. The van der Waals surface area contributed by atoms with E-state index in [-0.39, 0.29) is 12.8 Å². The fourth-order valence-corrected chi connectivity index (χ4v) is 1.64. The molecule has 0 aliphatic carbocycles. The maximum Gasteiger partial charge on any atom is 0.317 e. The van der Waals surface area contributed by atoms with E-state index in [1.165, 1.54) is 0 Å². The number of carbonyl (C=O) groups is 1. The monoisotopic (exact) mass is 295 g/mol. The van der Waals surface area contributed by atoms with Crippen LogP contribution in [-0.4, -0.2) is 51.5 Å². The van der Waals surface area contributed by atoms with Crippen LogP contribution in [-0.2, 0) is 0 Å². The van der Waals surface area contributed by atoms with Gasteiger partial charge in [-0.15, -0.1) is 0 Å². The highest BCUT2D eigenvalue weighted by Crippen LogP contribution is 2.16. The average molecular weight is 295 g/mol. The predicted octanol–water partition coefficient (Wildman–Crippen LogP) is 1.67. The van der Waals surface area contributed by atoms with Crippen molar-refractivity contribution >= 4 is 6.03 Å². The SMILES string of the molecule is CCOc1ccc(OCNC(=O)NCCCN(C)C)cc1. The second-order valence-corrected chi connectivity index (χ2v) is 4.78. The minimum absolute atomic E-state index is 0.132. The van der Waals surface area contributed by atoms with Crippen molar-refractivity contribution in [2.45, 2.75) is 13.3 Å².